The van der Waals surface area contributed by atoms with Crippen molar-refractivity contribution < 1.29 is 4.39 Å². The van der Waals surface area contributed by atoms with Crippen LogP contribution in [0, 0.1) is 5.82 Å². The van der Waals surface area contributed by atoms with E-state index < -0.39 is 0 Å². The minimum absolute atomic E-state index is 0.273. The first-order chi connectivity index (χ1) is 11.3. The number of rotatable bonds is 4. The fourth-order valence-electron chi connectivity index (χ4n) is 2.87. The maximum absolute atomic E-state index is 14.1. The Labute approximate surface area is 136 Å². The van der Waals surface area contributed by atoms with E-state index in [2.05, 4.69) is 33.2 Å². The number of nitrogens with zero attached hydrogens (tertiary/aromatic N) is 3. The van der Waals surface area contributed by atoms with Gasteiger partial charge in [-0.3, -0.25) is 0 Å². The Balaban J connectivity index is 2.00. The minimum atomic E-state index is -0.273. The summed E-state index contributed by atoms with van der Waals surface area (Å²) in [5.74, 6) is 1.12. The topological polar surface area (TPSA) is 41.0 Å². The molecule has 0 atom stereocenters. The van der Waals surface area contributed by atoms with Gasteiger partial charge in [-0.05, 0) is 31.5 Å². The summed E-state index contributed by atoms with van der Waals surface area (Å²) < 4.78 is 14.1. The Morgan fingerprint density at radius 1 is 1.17 bits per heavy atom. The SMILES string of the molecule is CCCc1cc(N2CCCNCC2)nc(-c2ccccc2F)n1. The van der Waals surface area contributed by atoms with E-state index in [0.717, 1.165) is 57.0 Å². The number of benzene rings is 1. The molecule has 0 aliphatic carbocycles. The number of hydrogen-bond donors (Lipinski definition) is 1. The van der Waals surface area contributed by atoms with Crippen molar-refractivity contribution >= 4 is 5.82 Å². The number of anilines is 1. The Morgan fingerprint density at radius 2 is 2.04 bits per heavy atom. The van der Waals surface area contributed by atoms with Crippen LogP contribution in [0.15, 0.2) is 30.3 Å². The van der Waals surface area contributed by atoms with Gasteiger partial charge in [0.2, 0.25) is 0 Å². The van der Waals surface area contributed by atoms with Crippen LogP contribution in [0.2, 0.25) is 0 Å². The second-order valence-corrected chi connectivity index (χ2v) is 5.86. The fourth-order valence-corrected chi connectivity index (χ4v) is 2.87. The first kappa shape index (κ1) is 15.9. The largest absolute Gasteiger partial charge is 0.355 e. The lowest BCUT2D eigenvalue weighted by molar-refractivity contribution is 0.629. The van der Waals surface area contributed by atoms with Gasteiger partial charge in [0.15, 0.2) is 5.82 Å². The van der Waals surface area contributed by atoms with E-state index in [0.29, 0.717) is 11.4 Å². The van der Waals surface area contributed by atoms with Crippen molar-refractivity contribution in [2.75, 3.05) is 31.1 Å². The number of aryl methyl sites for hydroxylation is 1. The molecule has 2 aromatic rings. The van der Waals surface area contributed by atoms with Gasteiger partial charge in [0.05, 0.1) is 5.56 Å². The molecule has 122 valence electrons. The maximum atomic E-state index is 14.1. The van der Waals surface area contributed by atoms with Gasteiger partial charge >= 0.3 is 0 Å². The molecule has 1 N–H and O–H groups in total. The first-order valence-corrected chi connectivity index (χ1v) is 8.36. The lowest BCUT2D eigenvalue weighted by atomic mass is 10.1. The zero-order valence-electron chi connectivity index (χ0n) is 13.6. The van der Waals surface area contributed by atoms with Gasteiger partial charge in [0.1, 0.15) is 11.6 Å². The summed E-state index contributed by atoms with van der Waals surface area (Å²) >= 11 is 0. The van der Waals surface area contributed by atoms with Crippen LogP contribution in [0.25, 0.3) is 11.4 Å². The van der Waals surface area contributed by atoms with Gasteiger partial charge in [-0.25, -0.2) is 14.4 Å². The smallest absolute Gasteiger partial charge is 0.164 e. The van der Waals surface area contributed by atoms with Gasteiger partial charge in [-0.1, -0.05) is 25.5 Å². The second-order valence-electron chi connectivity index (χ2n) is 5.86. The van der Waals surface area contributed by atoms with Crippen molar-refractivity contribution in [1.29, 1.82) is 0 Å². The number of halogens is 1. The molecule has 2 heterocycles. The molecule has 0 saturated carbocycles. The predicted molar refractivity (Wildman–Crippen MR) is 91.1 cm³/mol. The Hall–Kier alpha value is -2.01. The molecule has 5 heteroatoms. The van der Waals surface area contributed by atoms with Crippen molar-refractivity contribution in [3.63, 3.8) is 0 Å². The van der Waals surface area contributed by atoms with Crippen LogP contribution >= 0.6 is 0 Å². The van der Waals surface area contributed by atoms with E-state index in [1.807, 2.05) is 6.07 Å². The highest BCUT2D eigenvalue weighted by atomic mass is 19.1. The van der Waals surface area contributed by atoms with E-state index in [4.69, 9.17) is 0 Å². The Bertz CT molecular complexity index is 651. The molecule has 0 amide bonds. The van der Waals surface area contributed by atoms with Gasteiger partial charge < -0.3 is 10.2 Å². The molecule has 0 spiro atoms. The van der Waals surface area contributed by atoms with Crippen LogP contribution < -0.4 is 10.2 Å². The standard InChI is InChI=1S/C18H23FN4/c1-2-6-14-13-17(23-11-5-9-20-10-12-23)22-18(21-14)15-7-3-4-8-16(15)19/h3-4,7-8,13,20H,2,5-6,9-12H2,1H3. The second kappa shape index (κ2) is 7.51. The molecule has 1 saturated heterocycles. The molecular formula is C18H23FN4. The van der Waals surface area contributed by atoms with Gasteiger partial charge in [0.25, 0.3) is 0 Å². The lowest BCUT2D eigenvalue weighted by Gasteiger charge is -2.22. The van der Waals surface area contributed by atoms with Crippen LogP contribution in [-0.4, -0.2) is 36.1 Å². The van der Waals surface area contributed by atoms with Gasteiger partial charge in [-0.15, -0.1) is 0 Å². The summed E-state index contributed by atoms with van der Waals surface area (Å²) in [5, 5.41) is 3.40. The van der Waals surface area contributed by atoms with Crippen molar-refractivity contribution in [1.82, 2.24) is 15.3 Å². The summed E-state index contributed by atoms with van der Waals surface area (Å²) in [6.07, 6.45) is 2.97. The molecule has 1 aromatic carbocycles. The van der Waals surface area contributed by atoms with E-state index in [-0.39, 0.29) is 5.82 Å². The third-order valence-corrected chi connectivity index (χ3v) is 4.05. The third-order valence-electron chi connectivity index (χ3n) is 4.05. The fraction of sp³-hybridized carbons (Fsp3) is 0.444. The molecule has 0 radical (unpaired) electrons. The molecule has 1 aromatic heterocycles. The molecule has 1 fully saturated rings. The highest BCUT2D eigenvalue weighted by Crippen LogP contribution is 2.23. The molecule has 0 bridgehead atoms. The monoisotopic (exact) mass is 314 g/mol. The zero-order valence-corrected chi connectivity index (χ0v) is 13.6. The van der Waals surface area contributed by atoms with E-state index in [1.54, 1.807) is 12.1 Å². The van der Waals surface area contributed by atoms with E-state index >= 15 is 0 Å². The van der Waals surface area contributed by atoms with Crippen LogP contribution in [0.1, 0.15) is 25.5 Å². The number of aromatic nitrogens is 2. The average Bonchev–Trinajstić information content (AvgIpc) is 2.84. The predicted octanol–water partition coefficient (Wildman–Crippen LogP) is 3.03. The Kier molecular flexibility index (Phi) is 5.18. The third kappa shape index (κ3) is 3.85. The van der Waals surface area contributed by atoms with Gasteiger partial charge in [-0.2, -0.15) is 0 Å². The number of nitrogens with one attached hydrogen (secondary N) is 1. The van der Waals surface area contributed by atoms with E-state index in [1.165, 1.54) is 6.07 Å². The molecule has 23 heavy (non-hydrogen) atoms. The van der Waals surface area contributed by atoms with E-state index in [9.17, 15) is 4.39 Å². The van der Waals surface area contributed by atoms with Gasteiger partial charge in [0, 0.05) is 31.4 Å². The maximum Gasteiger partial charge on any atom is 0.164 e. The summed E-state index contributed by atoms with van der Waals surface area (Å²) in [6, 6.07) is 8.77. The Morgan fingerprint density at radius 3 is 2.87 bits per heavy atom. The normalized spacial score (nSPS) is 15.5. The molecule has 4 nitrogen and oxygen atoms in total. The van der Waals surface area contributed by atoms with Crippen molar-refractivity contribution in [3.05, 3.63) is 41.8 Å². The summed E-state index contributed by atoms with van der Waals surface area (Å²) in [6.45, 7) is 5.98. The lowest BCUT2D eigenvalue weighted by Crippen LogP contribution is -2.29. The quantitative estimate of drug-likeness (QED) is 0.942. The number of hydrogen-bond acceptors (Lipinski definition) is 4. The van der Waals surface area contributed by atoms with Crippen LogP contribution in [0.3, 0.4) is 0 Å². The molecule has 1 aliphatic rings. The van der Waals surface area contributed by atoms with Crippen molar-refractivity contribution in [2.24, 2.45) is 0 Å². The summed E-state index contributed by atoms with van der Waals surface area (Å²) in [5.41, 5.74) is 1.45. The van der Waals surface area contributed by atoms with Crippen molar-refractivity contribution in [2.45, 2.75) is 26.2 Å². The highest BCUT2D eigenvalue weighted by molar-refractivity contribution is 5.58. The molecular weight excluding hydrogens is 291 g/mol. The van der Waals surface area contributed by atoms with Crippen LogP contribution in [0.5, 0.6) is 0 Å². The highest BCUT2D eigenvalue weighted by Gasteiger charge is 2.15. The molecule has 3 rings (SSSR count). The first-order valence-electron chi connectivity index (χ1n) is 8.36. The minimum Gasteiger partial charge on any atom is -0.355 e. The summed E-state index contributed by atoms with van der Waals surface area (Å²) in [7, 11) is 0. The van der Waals surface area contributed by atoms with Crippen LogP contribution in [-0.2, 0) is 6.42 Å². The summed E-state index contributed by atoms with van der Waals surface area (Å²) in [4.78, 5) is 11.5. The molecule has 1 aliphatic heterocycles. The zero-order chi connectivity index (χ0) is 16.1. The van der Waals surface area contributed by atoms with Crippen LogP contribution in [0.4, 0.5) is 10.2 Å². The average molecular weight is 314 g/mol. The molecule has 0 unspecified atom stereocenters. The van der Waals surface area contributed by atoms with Crippen molar-refractivity contribution in [3.8, 4) is 11.4 Å².